The van der Waals surface area contributed by atoms with Crippen molar-refractivity contribution in [2.75, 3.05) is 6.54 Å². The number of nitrogens with zero attached hydrogens (tertiary/aromatic N) is 2. The van der Waals surface area contributed by atoms with Crippen LogP contribution in [0.5, 0.6) is 0 Å². The molecule has 0 bridgehead atoms. The Bertz CT molecular complexity index is 499. The first kappa shape index (κ1) is 21.3. The van der Waals surface area contributed by atoms with E-state index in [2.05, 4.69) is 17.0 Å². The molecule has 0 atom stereocenters. The molecule has 23 heavy (non-hydrogen) atoms. The van der Waals surface area contributed by atoms with Crippen molar-refractivity contribution in [2.45, 2.75) is 54.1 Å². The second-order valence-electron chi connectivity index (χ2n) is 7.42. The van der Waals surface area contributed by atoms with Gasteiger partial charge in [0.25, 0.3) is 0 Å². The van der Waals surface area contributed by atoms with Crippen molar-refractivity contribution in [3.8, 4) is 0 Å². The van der Waals surface area contributed by atoms with Gasteiger partial charge in [-0.25, -0.2) is 15.2 Å². The molecule has 0 heterocycles. The fraction of sp³-hybridized carbons (Fsp3) is 0.625. The number of nitrogens with one attached hydrogen (secondary N) is 1. The number of carbonyl (C=O) groups is 1. The summed E-state index contributed by atoms with van der Waals surface area (Å²) in [6, 6.07) is 0. The Hall–Kier alpha value is -1.69. The van der Waals surface area contributed by atoms with Gasteiger partial charge in [-0.15, -0.1) is 0 Å². The molecule has 0 aromatic carbocycles. The number of amides is 1. The van der Waals surface area contributed by atoms with Crippen molar-refractivity contribution in [3.63, 3.8) is 0 Å². The number of nitrogens with two attached hydrogens (primary N) is 1. The number of hydrogen-bond donors (Lipinski definition) is 2. The van der Waals surface area contributed by atoms with Crippen LogP contribution in [0, 0.1) is 5.41 Å². The zero-order chi connectivity index (χ0) is 18.4. The molecule has 0 saturated carbocycles. The first-order chi connectivity index (χ1) is 10.2. The van der Waals surface area contributed by atoms with Gasteiger partial charge >= 0.3 is 6.09 Å². The predicted molar refractivity (Wildman–Crippen MR) is 95.9 cm³/mol. The number of hydrazine groups is 1. The fourth-order valence-electron chi connectivity index (χ4n) is 1.60. The molecule has 6 nitrogen and oxygen atoms in total. The molecule has 0 fully saturated rings. The van der Waals surface area contributed by atoms with Crippen LogP contribution in [0.1, 0.15) is 48.5 Å². The molecule has 0 aromatic heterocycles. The van der Waals surface area contributed by atoms with E-state index in [1.54, 1.807) is 32.7 Å². The van der Waals surface area contributed by atoms with Crippen LogP contribution in [0.2, 0.25) is 0 Å². The highest BCUT2D eigenvalue weighted by atomic mass is 35.5. The first-order valence-electron chi connectivity index (χ1n) is 7.34. The topological polar surface area (TPSA) is 80.0 Å². The number of rotatable bonds is 3. The summed E-state index contributed by atoms with van der Waals surface area (Å²) in [6.45, 7) is 17.3. The van der Waals surface area contributed by atoms with E-state index in [0.29, 0.717) is 18.0 Å². The molecule has 0 rings (SSSR count). The van der Waals surface area contributed by atoms with Crippen molar-refractivity contribution in [2.24, 2.45) is 16.1 Å². The van der Waals surface area contributed by atoms with Crippen molar-refractivity contribution < 1.29 is 9.53 Å². The molecule has 0 saturated heterocycles. The third-order valence-corrected chi connectivity index (χ3v) is 2.43. The normalized spacial score (nSPS) is 13.6. The highest BCUT2D eigenvalue weighted by molar-refractivity contribution is 6.30. The summed E-state index contributed by atoms with van der Waals surface area (Å²) in [6.07, 6.45) is 0.810. The molecule has 0 aliphatic carbocycles. The molecule has 1 amide bonds. The summed E-state index contributed by atoms with van der Waals surface area (Å²) in [5.41, 5.74) is 8.20. The van der Waals surface area contributed by atoms with Gasteiger partial charge < -0.3 is 10.5 Å². The molecular formula is C16H29ClN4O2. The van der Waals surface area contributed by atoms with Gasteiger partial charge in [-0.3, -0.25) is 5.01 Å². The zero-order valence-corrected chi connectivity index (χ0v) is 15.9. The van der Waals surface area contributed by atoms with E-state index in [1.807, 2.05) is 20.8 Å². The van der Waals surface area contributed by atoms with Crippen LogP contribution < -0.4 is 11.2 Å². The van der Waals surface area contributed by atoms with Gasteiger partial charge in [-0.05, 0) is 33.1 Å². The molecule has 3 N–H and O–H groups in total. The monoisotopic (exact) mass is 344 g/mol. The molecule has 0 unspecified atom stereocenters. The smallest absolute Gasteiger partial charge is 0.426 e. The zero-order valence-electron chi connectivity index (χ0n) is 15.2. The van der Waals surface area contributed by atoms with Gasteiger partial charge in [0.15, 0.2) is 5.84 Å². The third-order valence-electron chi connectivity index (χ3n) is 2.34. The van der Waals surface area contributed by atoms with Crippen molar-refractivity contribution >= 4 is 23.5 Å². The van der Waals surface area contributed by atoms with Gasteiger partial charge in [0.1, 0.15) is 10.8 Å². The number of halogens is 1. The standard InChI is InChI=1S/C16H29ClN4O2/c1-11(9-18)13(19-12(2)17)21(10-15(3,4)5)20-14(22)23-16(6,7)8/h9H,2,10,18H2,1,3-8H3,(H,20,22)/b11-9-,19-13+. The van der Waals surface area contributed by atoms with E-state index in [-0.39, 0.29) is 10.6 Å². The van der Waals surface area contributed by atoms with Crippen molar-refractivity contribution in [1.82, 2.24) is 10.4 Å². The Kier molecular flexibility index (Phi) is 7.64. The maximum Gasteiger partial charge on any atom is 0.426 e. The average Bonchev–Trinajstić information content (AvgIpc) is 2.29. The molecule has 7 heteroatoms. The van der Waals surface area contributed by atoms with Crippen LogP contribution in [0.15, 0.2) is 28.5 Å². The van der Waals surface area contributed by atoms with E-state index >= 15 is 0 Å². The number of hydrogen-bond acceptors (Lipinski definition) is 4. The number of carbonyl (C=O) groups excluding carboxylic acids is 1. The third kappa shape index (κ3) is 9.84. The van der Waals surface area contributed by atoms with Crippen LogP contribution in [-0.4, -0.2) is 29.1 Å². The number of amidine groups is 1. The minimum atomic E-state index is -0.608. The maximum absolute atomic E-state index is 12.1. The predicted octanol–water partition coefficient (Wildman–Crippen LogP) is 3.75. The Morgan fingerprint density at radius 1 is 1.35 bits per heavy atom. The minimum absolute atomic E-state index is 0.0890. The van der Waals surface area contributed by atoms with Crippen molar-refractivity contribution in [3.05, 3.63) is 23.5 Å². The fourth-order valence-corrected chi connectivity index (χ4v) is 1.68. The summed E-state index contributed by atoms with van der Waals surface area (Å²) in [4.78, 5) is 16.3. The average molecular weight is 345 g/mol. The number of aliphatic imine (C=N–C) groups is 1. The van der Waals surface area contributed by atoms with E-state index in [9.17, 15) is 4.79 Å². The summed E-state index contributed by atoms with van der Waals surface area (Å²) >= 11 is 5.81. The summed E-state index contributed by atoms with van der Waals surface area (Å²) < 4.78 is 5.30. The van der Waals surface area contributed by atoms with Crippen LogP contribution in [0.3, 0.4) is 0 Å². The highest BCUT2D eigenvalue weighted by Crippen LogP contribution is 2.18. The summed E-state index contributed by atoms with van der Waals surface area (Å²) in [5.74, 6) is 0.410. The van der Waals surface area contributed by atoms with Gasteiger partial charge in [0, 0.05) is 18.3 Å². The van der Waals surface area contributed by atoms with Crippen LogP contribution in [0.25, 0.3) is 0 Å². The van der Waals surface area contributed by atoms with Gasteiger partial charge in [-0.2, -0.15) is 0 Å². The van der Waals surface area contributed by atoms with E-state index in [1.165, 1.54) is 6.20 Å². The van der Waals surface area contributed by atoms with Crippen LogP contribution in [-0.2, 0) is 4.74 Å². The van der Waals surface area contributed by atoms with E-state index in [4.69, 9.17) is 22.1 Å². The van der Waals surface area contributed by atoms with Gasteiger partial charge in [0.05, 0.1) is 0 Å². The second kappa shape index (κ2) is 8.24. The second-order valence-corrected chi connectivity index (χ2v) is 7.86. The quantitative estimate of drug-likeness (QED) is 0.353. The van der Waals surface area contributed by atoms with E-state index < -0.39 is 11.7 Å². The Morgan fingerprint density at radius 2 is 1.87 bits per heavy atom. The Labute approximate surface area is 144 Å². The van der Waals surface area contributed by atoms with Crippen LogP contribution >= 0.6 is 11.6 Å². The van der Waals surface area contributed by atoms with Crippen LogP contribution in [0.4, 0.5) is 4.79 Å². The lowest BCUT2D eigenvalue weighted by atomic mass is 9.96. The minimum Gasteiger partial charge on any atom is -0.443 e. The molecule has 0 aliphatic heterocycles. The largest absolute Gasteiger partial charge is 0.443 e. The van der Waals surface area contributed by atoms with Gasteiger partial charge in [0.2, 0.25) is 0 Å². The molecule has 132 valence electrons. The SMILES string of the molecule is C=C(Cl)/N=C(\C(C)=C/N)N(CC(C)(C)C)NC(=O)OC(C)(C)C. The lowest BCUT2D eigenvalue weighted by Crippen LogP contribution is -2.51. The molecule has 0 spiro atoms. The first-order valence-corrected chi connectivity index (χ1v) is 7.72. The molecule has 0 aliphatic rings. The summed E-state index contributed by atoms with van der Waals surface area (Å²) in [5, 5.41) is 1.66. The molecule has 0 aromatic rings. The maximum atomic E-state index is 12.1. The highest BCUT2D eigenvalue weighted by Gasteiger charge is 2.25. The van der Waals surface area contributed by atoms with Gasteiger partial charge in [-0.1, -0.05) is 39.0 Å². The molecular weight excluding hydrogens is 316 g/mol. The Balaban J connectivity index is 5.58. The lowest BCUT2D eigenvalue weighted by molar-refractivity contribution is 0.0390. The number of ether oxygens (including phenoxy) is 1. The Morgan fingerprint density at radius 3 is 2.22 bits per heavy atom. The van der Waals surface area contributed by atoms with E-state index in [0.717, 1.165) is 0 Å². The van der Waals surface area contributed by atoms with Crippen molar-refractivity contribution in [1.29, 1.82) is 0 Å². The molecule has 0 radical (unpaired) electrons. The summed E-state index contributed by atoms with van der Waals surface area (Å²) in [7, 11) is 0. The lowest BCUT2D eigenvalue weighted by Gasteiger charge is -2.33.